The Bertz CT molecular complexity index is 1310. The summed E-state index contributed by atoms with van der Waals surface area (Å²) in [7, 11) is 1.69. The number of ether oxygens (including phenoxy) is 1. The first kappa shape index (κ1) is 18.5. The molecule has 3 aromatic rings. The van der Waals surface area contributed by atoms with Crippen LogP contribution in [0.15, 0.2) is 40.1 Å². The van der Waals surface area contributed by atoms with E-state index in [0.29, 0.717) is 29.1 Å². The highest BCUT2D eigenvalue weighted by Crippen LogP contribution is 2.39. The average molecular weight is 404 g/mol. The Balaban J connectivity index is 1.74. The molecule has 4 heterocycles. The number of benzene rings is 1. The Hall–Kier alpha value is -3.52. The van der Waals surface area contributed by atoms with Gasteiger partial charge in [0.15, 0.2) is 5.60 Å². The van der Waals surface area contributed by atoms with E-state index in [-0.39, 0.29) is 18.6 Å². The minimum Gasteiger partial charge on any atom is -0.458 e. The van der Waals surface area contributed by atoms with E-state index >= 15 is 0 Å². The number of rotatable bonds is 3. The number of nitrogens with one attached hydrogen (secondary N) is 1. The van der Waals surface area contributed by atoms with Crippen molar-refractivity contribution in [3.05, 3.63) is 57.4 Å². The number of pyridine rings is 2. The van der Waals surface area contributed by atoms with Gasteiger partial charge >= 0.3 is 5.97 Å². The fourth-order valence-corrected chi connectivity index (χ4v) is 4.26. The van der Waals surface area contributed by atoms with Crippen LogP contribution in [0.1, 0.15) is 30.0 Å². The minimum absolute atomic E-state index is 0.119. The van der Waals surface area contributed by atoms with E-state index in [0.717, 1.165) is 22.2 Å². The third-order valence-corrected chi connectivity index (χ3v) is 5.90. The number of carbonyl (C=O) groups is 1. The van der Waals surface area contributed by atoms with Gasteiger partial charge in [0.2, 0.25) is 0 Å². The molecule has 0 unspecified atom stereocenters. The number of anilines is 1. The van der Waals surface area contributed by atoms with E-state index in [2.05, 4.69) is 10.3 Å². The summed E-state index contributed by atoms with van der Waals surface area (Å²) in [6, 6.07) is 9.48. The van der Waals surface area contributed by atoms with Crippen molar-refractivity contribution >= 4 is 28.9 Å². The number of esters is 1. The summed E-state index contributed by atoms with van der Waals surface area (Å²) in [4.78, 5) is 34.2. The molecule has 0 fully saturated rings. The molecule has 2 aromatic heterocycles. The highest BCUT2D eigenvalue weighted by atomic mass is 16.6. The molecule has 5 rings (SSSR count). The molecule has 0 radical (unpaired) electrons. The molecule has 0 bridgehead atoms. The summed E-state index contributed by atoms with van der Waals surface area (Å²) in [5, 5.41) is 15.0. The van der Waals surface area contributed by atoms with Crippen molar-refractivity contribution in [2.75, 3.05) is 12.4 Å². The lowest BCUT2D eigenvalue weighted by Gasteiger charge is -2.31. The van der Waals surface area contributed by atoms with E-state index in [1.165, 1.54) is 0 Å². The van der Waals surface area contributed by atoms with E-state index in [9.17, 15) is 14.7 Å². The first-order chi connectivity index (χ1) is 14.5. The molecule has 1 aromatic carbocycles. The van der Waals surface area contributed by atoms with Crippen LogP contribution in [-0.2, 0) is 28.3 Å². The van der Waals surface area contributed by atoms with E-state index in [1.54, 1.807) is 30.9 Å². The molecular weight excluding hydrogens is 384 g/mol. The van der Waals surface area contributed by atoms with E-state index < -0.39 is 11.6 Å². The van der Waals surface area contributed by atoms with Gasteiger partial charge in [0.1, 0.15) is 6.61 Å². The fourth-order valence-electron chi connectivity index (χ4n) is 4.26. The molecule has 0 aliphatic carbocycles. The Morgan fingerprint density at radius 3 is 2.97 bits per heavy atom. The second-order valence-corrected chi connectivity index (χ2v) is 7.50. The summed E-state index contributed by atoms with van der Waals surface area (Å²) in [5.74, 6) is -0.722. The lowest BCUT2D eigenvalue weighted by molar-refractivity contribution is -0.172. The van der Waals surface area contributed by atoms with Crippen LogP contribution in [0, 0.1) is 0 Å². The number of aromatic nitrogens is 2. The maximum absolute atomic E-state index is 13.2. The molecule has 0 spiro atoms. The van der Waals surface area contributed by atoms with Crippen LogP contribution in [0.5, 0.6) is 0 Å². The molecule has 0 saturated heterocycles. The topological polar surface area (TPSA) is 106 Å². The zero-order valence-electron chi connectivity index (χ0n) is 16.6. The number of hydrogen-bond acceptors (Lipinski definition) is 6. The molecule has 0 saturated carbocycles. The zero-order valence-corrected chi connectivity index (χ0v) is 16.6. The summed E-state index contributed by atoms with van der Waals surface area (Å²) < 4.78 is 6.74. The van der Waals surface area contributed by atoms with Crippen LogP contribution < -0.4 is 10.9 Å². The number of cyclic esters (lactones) is 1. The maximum atomic E-state index is 13.2. The van der Waals surface area contributed by atoms with Gasteiger partial charge in [-0.25, -0.2) is 9.78 Å². The fraction of sp³-hybridized carbons (Fsp3) is 0.273. The van der Waals surface area contributed by atoms with Crippen molar-refractivity contribution in [3.63, 3.8) is 0 Å². The quantitative estimate of drug-likeness (QED) is 0.308. The Labute approximate surface area is 171 Å². The van der Waals surface area contributed by atoms with Crippen molar-refractivity contribution < 1.29 is 14.6 Å². The Morgan fingerprint density at radius 2 is 2.20 bits per heavy atom. The summed E-state index contributed by atoms with van der Waals surface area (Å²) >= 11 is 0. The number of aliphatic imine (C=N–C) groups is 1. The molecule has 2 aliphatic heterocycles. The number of aliphatic hydroxyl groups is 1. The van der Waals surface area contributed by atoms with Crippen molar-refractivity contribution in [2.24, 2.45) is 4.99 Å². The minimum atomic E-state index is -1.82. The lowest BCUT2D eigenvalue weighted by Crippen LogP contribution is -2.44. The van der Waals surface area contributed by atoms with Gasteiger partial charge in [-0.1, -0.05) is 13.0 Å². The molecule has 2 aliphatic rings. The zero-order chi connectivity index (χ0) is 21.0. The van der Waals surface area contributed by atoms with E-state index in [1.807, 2.05) is 24.3 Å². The predicted octanol–water partition coefficient (Wildman–Crippen LogP) is 2.15. The Morgan fingerprint density at radius 1 is 1.37 bits per heavy atom. The van der Waals surface area contributed by atoms with Crippen LogP contribution in [-0.4, -0.2) is 34.0 Å². The van der Waals surface area contributed by atoms with Gasteiger partial charge in [0.25, 0.3) is 5.56 Å². The van der Waals surface area contributed by atoms with E-state index in [4.69, 9.17) is 9.72 Å². The second-order valence-electron chi connectivity index (χ2n) is 7.50. The monoisotopic (exact) mass is 404 g/mol. The van der Waals surface area contributed by atoms with Crippen molar-refractivity contribution in [3.8, 4) is 11.4 Å². The van der Waals surface area contributed by atoms with Gasteiger partial charge in [-0.2, -0.15) is 0 Å². The van der Waals surface area contributed by atoms with Gasteiger partial charge in [-0.15, -0.1) is 0 Å². The third-order valence-electron chi connectivity index (χ3n) is 5.90. The maximum Gasteiger partial charge on any atom is 0.343 e. The molecule has 8 nitrogen and oxygen atoms in total. The smallest absolute Gasteiger partial charge is 0.343 e. The van der Waals surface area contributed by atoms with Gasteiger partial charge < -0.3 is 19.7 Å². The number of carbonyl (C=O) groups excluding carboxylic acids is 1. The normalized spacial score (nSPS) is 19.5. The Kier molecular flexibility index (Phi) is 4.01. The van der Waals surface area contributed by atoms with Crippen molar-refractivity contribution in [2.45, 2.75) is 32.1 Å². The largest absolute Gasteiger partial charge is 0.458 e. The van der Waals surface area contributed by atoms with Crippen molar-refractivity contribution in [1.29, 1.82) is 0 Å². The van der Waals surface area contributed by atoms with Gasteiger partial charge in [-0.3, -0.25) is 9.79 Å². The van der Waals surface area contributed by atoms with Crippen LogP contribution in [0.2, 0.25) is 0 Å². The SMILES string of the molecule is CC[C@@]1(O)C(=O)OCc2c1cc1n(c2=O)Cc2cc3c(NC=NC)cccc3nc2-1. The van der Waals surface area contributed by atoms with Crippen LogP contribution in [0.3, 0.4) is 0 Å². The highest BCUT2D eigenvalue weighted by molar-refractivity contribution is 5.98. The molecule has 0 amide bonds. The molecule has 1 atom stereocenters. The van der Waals surface area contributed by atoms with Crippen LogP contribution in [0.25, 0.3) is 22.3 Å². The first-order valence-corrected chi connectivity index (χ1v) is 9.75. The molecule has 152 valence electrons. The molecule has 30 heavy (non-hydrogen) atoms. The van der Waals surface area contributed by atoms with Gasteiger partial charge in [0.05, 0.1) is 35.4 Å². The number of nitrogens with zero attached hydrogens (tertiary/aromatic N) is 3. The first-order valence-electron chi connectivity index (χ1n) is 9.75. The third kappa shape index (κ3) is 2.43. The highest BCUT2D eigenvalue weighted by Gasteiger charge is 2.45. The van der Waals surface area contributed by atoms with Gasteiger partial charge in [-0.05, 0) is 30.7 Å². The van der Waals surface area contributed by atoms with Gasteiger partial charge in [0, 0.05) is 29.2 Å². The molecule has 8 heteroatoms. The molecular formula is C22H20N4O4. The summed E-state index contributed by atoms with van der Waals surface area (Å²) in [6.45, 7) is 1.93. The number of hydrogen-bond donors (Lipinski definition) is 2. The standard InChI is InChI=1S/C22H20N4O4/c1-3-22(29)15-8-18-19-12(9-26(18)20(27)14(15)10-30-21(22)28)7-13-16(24-11-23-2)5-4-6-17(13)25-19/h4-8,11,29H,3,9-10H2,1-2H3,(H,23,24)/t22-/m0/s1. The lowest BCUT2D eigenvalue weighted by atomic mass is 9.86. The van der Waals surface area contributed by atoms with Crippen molar-refractivity contribution in [1.82, 2.24) is 9.55 Å². The van der Waals surface area contributed by atoms with Crippen LogP contribution in [0.4, 0.5) is 5.69 Å². The average Bonchev–Trinajstić information content (AvgIpc) is 3.11. The molecule has 2 N–H and O–H groups in total. The summed E-state index contributed by atoms with van der Waals surface area (Å²) in [6.07, 6.45) is 1.73. The predicted molar refractivity (Wildman–Crippen MR) is 113 cm³/mol. The second kappa shape index (κ2) is 6.50. The number of fused-ring (bicyclic) bond motifs is 5. The van der Waals surface area contributed by atoms with Crippen LogP contribution >= 0.6 is 0 Å². The summed E-state index contributed by atoms with van der Waals surface area (Å²) in [5.41, 5.74) is 2.38.